The SMILES string of the molecule is O=C(c1ccc(F)c(F)c1Cc1ccc(I)cc1F)N1CC(O)(CCCCC2CCOCC2)C1. The van der Waals surface area contributed by atoms with Crippen LogP contribution in [-0.4, -0.2) is 47.8 Å². The number of benzene rings is 2. The lowest BCUT2D eigenvalue weighted by atomic mass is 9.85. The Morgan fingerprint density at radius 1 is 1.09 bits per heavy atom. The van der Waals surface area contributed by atoms with Gasteiger partial charge < -0.3 is 14.7 Å². The minimum Gasteiger partial charge on any atom is -0.386 e. The Hall–Kier alpha value is -1.65. The molecular formula is C26H29F3INO3. The molecule has 184 valence electrons. The second kappa shape index (κ2) is 11.0. The molecular weight excluding hydrogens is 558 g/mol. The van der Waals surface area contributed by atoms with Crippen LogP contribution in [0.1, 0.15) is 60.0 Å². The lowest BCUT2D eigenvalue weighted by Gasteiger charge is -2.47. The van der Waals surface area contributed by atoms with Gasteiger partial charge in [0.25, 0.3) is 5.91 Å². The van der Waals surface area contributed by atoms with Gasteiger partial charge in [0, 0.05) is 34.3 Å². The Kier molecular flexibility index (Phi) is 8.20. The summed E-state index contributed by atoms with van der Waals surface area (Å²) in [6.45, 7) is 1.96. The standard InChI is InChI=1S/C26H29F3INO3/c27-22-7-6-20(21(24(22)29)13-18-4-5-19(30)14-23(18)28)25(32)31-15-26(33,16-31)10-2-1-3-17-8-11-34-12-9-17/h4-7,14,17,33H,1-3,8-13,15-16H2. The Labute approximate surface area is 211 Å². The normalized spacial score (nSPS) is 18.1. The summed E-state index contributed by atoms with van der Waals surface area (Å²) in [5.41, 5.74) is -0.939. The number of hydrogen-bond donors (Lipinski definition) is 1. The third-order valence-corrected chi connectivity index (χ3v) is 7.58. The van der Waals surface area contributed by atoms with Gasteiger partial charge in [-0.25, -0.2) is 13.2 Å². The zero-order chi connectivity index (χ0) is 24.3. The summed E-state index contributed by atoms with van der Waals surface area (Å²) in [5.74, 6) is -2.55. The first kappa shape index (κ1) is 25.4. The quantitative estimate of drug-likeness (QED) is 0.329. The first-order valence-corrected chi connectivity index (χ1v) is 12.8. The Morgan fingerprint density at radius 2 is 1.82 bits per heavy atom. The summed E-state index contributed by atoms with van der Waals surface area (Å²) in [5, 5.41) is 10.8. The number of β-amino-alcohol motifs (C(OH)–C–C–N with tert-alkyl or cyclic N) is 1. The molecule has 2 aromatic rings. The molecule has 2 aliphatic rings. The van der Waals surface area contributed by atoms with Gasteiger partial charge in [0.05, 0.1) is 18.7 Å². The number of hydrogen-bond acceptors (Lipinski definition) is 3. The average Bonchev–Trinajstić information content (AvgIpc) is 2.80. The molecule has 1 N–H and O–H groups in total. The zero-order valence-corrected chi connectivity index (χ0v) is 21.1. The lowest BCUT2D eigenvalue weighted by molar-refractivity contribution is -0.0871. The van der Waals surface area contributed by atoms with Crippen molar-refractivity contribution in [3.63, 3.8) is 0 Å². The Morgan fingerprint density at radius 3 is 2.53 bits per heavy atom. The van der Waals surface area contributed by atoms with Crippen LogP contribution in [0.25, 0.3) is 0 Å². The summed E-state index contributed by atoms with van der Waals surface area (Å²) in [6.07, 6.45) is 5.56. The van der Waals surface area contributed by atoms with Gasteiger partial charge in [0.15, 0.2) is 11.6 Å². The van der Waals surface area contributed by atoms with Gasteiger partial charge in [0.2, 0.25) is 0 Å². The predicted molar refractivity (Wildman–Crippen MR) is 131 cm³/mol. The van der Waals surface area contributed by atoms with Crippen LogP contribution in [0.15, 0.2) is 30.3 Å². The van der Waals surface area contributed by atoms with E-state index in [1.54, 1.807) is 6.07 Å². The van der Waals surface area contributed by atoms with Crippen LogP contribution in [0.5, 0.6) is 0 Å². The fourth-order valence-corrected chi connectivity index (χ4v) is 5.33. The number of carbonyl (C=O) groups is 1. The van der Waals surface area contributed by atoms with E-state index in [-0.39, 0.29) is 36.2 Å². The highest BCUT2D eigenvalue weighted by atomic mass is 127. The molecule has 8 heteroatoms. The number of likely N-dealkylation sites (tertiary alicyclic amines) is 1. The summed E-state index contributed by atoms with van der Waals surface area (Å²) in [7, 11) is 0. The van der Waals surface area contributed by atoms with Crippen molar-refractivity contribution in [3.05, 3.63) is 68.0 Å². The predicted octanol–water partition coefficient (Wildman–Crippen LogP) is 5.47. The van der Waals surface area contributed by atoms with Gasteiger partial charge in [-0.3, -0.25) is 4.79 Å². The smallest absolute Gasteiger partial charge is 0.254 e. The maximum absolute atomic E-state index is 14.7. The van der Waals surface area contributed by atoms with E-state index in [9.17, 15) is 23.1 Å². The van der Waals surface area contributed by atoms with E-state index in [0.29, 0.717) is 15.9 Å². The van der Waals surface area contributed by atoms with E-state index in [1.807, 2.05) is 22.6 Å². The van der Waals surface area contributed by atoms with Crippen LogP contribution in [0.3, 0.4) is 0 Å². The van der Waals surface area contributed by atoms with Gasteiger partial charge in [-0.15, -0.1) is 0 Å². The number of aliphatic hydroxyl groups is 1. The molecule has 2 aromatic carbocycles. The number of halogens is 4. The van der Waals surface area contributed by atoms with Gasteiger partial charge in [0.1, 0.15) is 5.82 Å². The van der Waals surface area contributed by atoms with Crippen molar-refractivity contribution in [2.24, 2.45) is 5.92 Å². The first-order chi connectivity index (χ1) is 16.3. The minimum absolute atomic E-state index is 0.00147. The van der Waals surface area contributed by atoms with E-state index in [1.165, 1.54) is 23.1 Å². The summed E-state index contributed by atoms with van der Waals surface area (Å²) >= 11 is 1.97. The van der Waals surface area contributed by atoms with Crippen LogP contribution < -0.4 is 0 Å². The molecule has 1 amide bonds. The maximum Gasteiger partial charge on any atom is 0.254 e. The maximum atomic E-state index is 14.7. The van der Waals surface area contributed by atoms with Crippen LogP contribution in [0, 0.1) is 26.9 Å². The molecule has 0 saturated carbocycles. The average molecular weight is 587 g/mol. The van der Waals surface area contributed by atoms with E-state index in [4.69, 9.17) is 4.74 Å². The van der Waals surface area contributed by atoms with Gasteiger partial charge in [-0.1, -0.05) is 25.3 Å². The zero-order valence-electron chi connectivity index (χ0n) is 19.0. The minimum atomic E-state index is -1.15. The molecule has 4 nitrogen and oxygen atoms in total. The third kappa shape index (κ3) is 5.94. The molecule has 0 unspecified atom stereocenters. The molecule has 0 aliphatic carbocycles. The number of carbonyl (C=O) groups excluding carboxylic acids is 1. The molecule has 0 atom stereocenters. The van der Waals surface area contributed by atoms with Crippen LogP contribution in [-0.2, 0) is 11.2 Å². The van der Waals surface area contributed by atoms with Crippen molar-refractivity contribution in [1.82, 2.24) is 4.90 Å². The van der Waals surface area contributed by atoms with Crippen molar-refractivity contribution in [2.75, 3.05) is 26.3 Å². The Bertz CT molecular complexity index is 1040. The van der Waals surface area contributed by atoms with Crippen molar-refractivity contribution in [1.29, 1.82) is 0 Å². The molecule has 4 rings (SSSR count). The summed E-state index contributed by atoms with van der Waals surface area (Å²) in [6, 6.07) is 6.66. The van der Waals surface area contributed by atoms with E-state index in [2.05, 4.69) is 0 Å². The third-order valence-electron chi connectivity index (χ3n) is 6.91. The van der Waals surface area contributed by atoms with Crippen LogP contribution >= 0.6 is 22.6 Å². The van der Waals surface area contributed by atoms with E-state index in [0.717, 1.165) is 51.4 Å². The molecule has 2 fully saturated rings. The fraction of sp³-hybridized carbons (Fsp3) is 0.500. The van der Waals surface area contributed by atoms with Crippen LogP contribution in [0.4, 0.5) is 13.2 Å². The number of amides is 1. The van der Waals surface area contributed by atoms with E-state index >= 15 is 0 Å². The van der Waals surface area contributed by atoms with Crippen molar-refractivity contribution >= 4 is 28.5 Å². The lowest BCUT2D eigenvalue weighted by Crippen LogP contribution is -2.63. The van der Waals surface area contributed by atoms with Crippen molar-refractivity contribution in [3.8, 4) is 0 Å². The highest BCUT2D eigenvalue weighted by molar-refractivity contribution is 14.1. The number of rotatable bonds is 8. The highest BCUT2D eigenvalue weighted by Gasteiger charge is 2.43. The van der Waals surface area contributed by atoms with Gasteiger partial charge in [-0.05, 0) is 77.6 Å². The molecule has 2 saturated heterocycles. The van der Waals surface area contributed by atoms with Gasteiger partial charge >= 0.3 is 0 Å². The monoisotopic (exact) mass is 587 g/mol. The molecule has 0 aromatic heterocycles. The molecule has 0 radical (unpaired) electrons. The molecule has 34 heavy (non-hydrogen) atoms. The number of unbranched alkanes of at least 4 members (excludes halogenated alkanes) is 1. The highest BCUT2D eigenvalue weighted by Crippen LogP contribution is 2.31. The Balaban J connectivity index is 1.37. The largest absolute Gasteiger partial charge is 0.386 e. The van der Waals surface area contributed by atoms with Crippen LogP contribution in [0.2, 0.25) is 0 Å². The summed E-state index contributed by atoms with van der Waals surface area (Å²) < 4.78 is 49.1. The topological polar surface area (TPSA) is 49.8 Å². The second-order valence-electron chi connectivity index (χ2n) is 9.49. The summed E-state index contributed by atoms with van der Waals surface area (Å²) in [4.78, 5) is 14.5. The molecule has 2 aliphatic heterocycles. The molecule has 0 spiro atoms. The fourth-order valence-electron chi connectivity index (χ4n) is 4.88. The van der Waals surface area contributed by atoms with Crippen molar-refractivity contribution in [2.45, 2.75) is 50.5 Å². The molecule has 2 heterocycles. The van der Waals surface area contributed by atoms with Gasteiger partial charge in [-0.2, -0.15) is 0 Å². The molecule has 0 bridgehead atoms. The van der Waals surface area contributed by atoms with E-state index < -0.39 is 29.0 Å². The number of ether oxygens (including phenoxy) is 1. The van der Waals surface area contributed by atoms with Crippen molar-refractivity contribution < 1.29 is 27.8 Å². The second-order valence-corrected chi connectivity index (χ2v) is 10.7. The number of nitrogens with zero attached hydrogens (tertiary/aromatic N) is 1. The first-order valence-electron chi connectivity index (χ1n) is 11.8.